The van der Waals surface area contributed by atoms with Crippen molar-refractivity contribution in [2.24, 2.45) is 0 Å². The maximum absolute atomic E-state index is 11.1. The molecular formula is C11H10N2O4. The van der Waals surface area contributed by atoms with Crippen molar-refractivity contribution in [3.63, 3.8) is 0 Å². The van der Waals surface area contributed by atoms with Crippen LogP contribution in [0.25, 0.3) is 11.0 Å². The summed E-state index contributed by atoms with van der Waals surface area (Å²) in [5.41, 5.74) is 1.00. The Balaban J connectivity index is 2.48. The van der Waals surface area contributed by atoms with E-state index in [0.717, 1.165) is 0 Å². The van der Waals surface area contributed by atoms with E-state index in [2.05, 4.69) is 9.97 Å². The van der Waals surface area contributed by atoms with Gasteiger partial charge in [-0.3, -0.25) is 9.59 Å². The second-order valence-electron chi connectivity index (χ2n) is 3.63. The van der Waals surface area contributed by atoms with Crippen molar-refractivity contribution >= 4 is 23.0 Å². The van der Waals surface area contributed by atoms with E-state index in [0.29, 0.717) is 16.6 Å². The van der Waals surface area contributed by atoms with Crippen molar-refractivity contribution in [1.82, 2.24) is 9.97 Å². The maximum Gasteiger partial charge on any atom is 0.311 e. The molecule has 6 heteroatoms. The van der Waals surface area contributed by atoms with Crippen LogP contribution in [0.3, 0.4) is 0 Å². The fourth-order valence-electron chi connectivity index (χ4n) is 1.77. The quantitative estimate of drug-likeness (QED) is 0.737. The molecule has 0 aliphatic heterocycles. The average Bonchev–Trinajstić information content (AvgIpc) is 2.69. The van der Waals surface area contributed by atoms with Gasteiger partial charge in [0, 0.05) is 17.8 Å². The van der Waals surface area contributed by atoms with Gasteiger partial charge in [0.25, 0.3) is 0 Å². The second-order valence-corrected chi connectivity index (χ2v) is 3.63. The summed E-state index contributed by atoms with van der Waals surface area (Å²) in [6.45, 7) is 0. The van der Waals surface area contributed by atoms with E-state index < -0.39 is 24.3 Å². The van der Waals surface area contributed by atoms with Gasteiger partial charge in [-0.05, 0) is 17.7 Å². The smallest absolute Gasteiger partial charge is 0.311 e. The van der Waals surface area contributed by atoms with Gasteiger partial charge in [0.15, 0.2) is 0 Å². The molecule has 0 fully saturated rings. The molecule has 1 atom stereocenters. The number of aromatic amines is 1. The van der Waals surface area contributed by atoms with Gasteiger partial charge in [0.05, 0.1) is 12.3 Å². The minimum Gasteiger partial charge on any atom is -0.481 e. The molecule has 0 radical (unpaired) electrons. The van der Waals surface area contributed by atoms with Crippen molar-refractivity contribution in [3.8, 4) is 0 Å². The number of fused-ring (bicyclic) bond motifs is 1. The van der Waals surface area contributed by atoms with E-state index >= 15 is 0 Å². The van der Waals surface area contributed by atoms with Crippen LogP contribution in [0.15, 0.2) is 24.5 Å². The molecule has 88 valence electrons. The summed E-state index contributed by atoms with van der Waals surface area (Å²) in [4.78, 5) is 28.6. The monoisotopic (exact) mass is 234 g/mol. The molecule has 2 heterocycles. The highest BCUT2D eigenvalue weighted by atomic mass is 16.4. The number of carboxylic acid groups (broad SMARTS) is 2. The van der Waals surface area contributed by atoms with E-state index in [1.165, 1.54) is 6.20 Å². The summed E-state index contributed by atoms with van der Waals surface area (Å²) in [6.07, 6.45) is 2.63. The van der Waals surface area contributed by atoms with Crippen LogP contribution in [0.2, 0.25) is 0 Å². The molecule has 0 aromatic carbocycles. The van der Waals surface area contributed by atoms with Crippen LogP contribution >= 0.6 is 0 Å². The Morgan fingerprint density at radius 1 is 1.41 bits per heavy atom. The van der Waals surface area contributed by atoms with Crippen LogP contribution in [-0.2, 0) is 9.59 Å². The number of aliphatic carboxylic acids is 2. The van der Waals surface area contributed by atoms with Crippen LogP contribution < -0.4 is 0 Å². The lowest BCUT2D eigenvalue weighted by molar-refractivity contribution is -0.145. The molecule has 0 aliphatic carbocycles. The first-order valence-corrected chi connectivity index (χ1v) is 4.96. The van der Waals surface area contributed by atoms with E-state index in [-0.39, 0.29) is 0 Å². The SMILES string of the molecule is O=C(O)CC(C(=O)O)c1c[nH]c2ncccc12. The summed E-state index contributed by atoms with van der Waals surface area (Å²) >= 11 is 0. The maximum atomic E-state index is 11.1. The van der Waals surface area contributed by atoms with Crippen LogP contribution in [-0.4, -0.2) is 32.1 Å². The van der Waals surface area contributed by atoms with Crippen LogP contribution in [0, 0.1) is 0 Å². The average molecular weight is 234 g/mol. The Morgan fingerprint density at radius 2 is 2.18 bits per heavy atom. The predicted octanol–water partition coefficient (Wildman–Crippen LogP) is 1.21. The summed E-state index contributed by atoms with van der Waals surface area (Å²) in [7, 11) is 0. The number of rotatable bonds is 4. The Morgan fingerprint density at radius 3 is 2.82 bits per heavy atom. The number of nitrogens with one attached hydrogen (secondary N) is 1. The molecule has 2 aromatic heterocycles. The van der Waals surface area contributed by atoms with Gasteiger partial charge in [0.1, 0.15) is 5.65 Å². The molecule has 6 nitrogen and oxygen atoms in total. The molecule has 2 rings (SSSR count). The third-order valence-electron chi connectivity index (χ3n) is 2.54. The number of hydrogen-bond donors (Lipinski definition) is 3. The molecule has 0 bridgehead atoms. The number of carboxylic acids is 2. The Hall–Kier alpha value is -2.37. The number of carbonyl (C=O) groups is 2. The van der Waals surface area contributed by atoms with E-state index in [1.54, 1.807) is 18.3 Å². The van der Waals surface area contributed by atoms with Gasteiger partial charge in [0.2, 0.25) is 0 Å². The molecule has 17 heavy (non-hydrogen) atoms. The lowest BCUT2D eigenvalue weighted by atomic mass is 9.96. The first kappa shape index (κ1) is 11.1. The first-order chi connectivity index (χ1) is 8.09. The fourth-order valence-corrected chi connectivity index (χ4v) is 1.77. The van der Waals surface area contributed by atoms with Crippen LogP contribution in [0.5, 0.6) is 0 Å². The van der Waals surface area contributed by atoms with Crippen molar-refractivity contribution in [3.05, 3.63) is 30.1 Å². The number of H-pyrrole nitrogens is 1. The molecule has 0 amide bonds. The highest BCUT2D eigenvalue weighted by molar-refractivity contribution is 5.90. The van der Waals surface area contributed by atoms with Crippen molar-refractivity contribution < 1.29 is 19.8 Å². The first-order valence-electron chi connectivity index (χ1n) is 4.96. The molecule has 3 N–H and O–H groups in total. The van der Waals surface area contributed by atoms with Crippen molar-refractivity contribution in [1.29, 1.82) is 0 Å². The zero-order chi connectivity index (χ0) is 12.4. The normalized spacial score (nSPS) is 12.5. The second kappa shape index (κ2) is 4.25. The number of aromatic nitrogens is 2. The third-order valence-corrected chi connectivity index (χ3v) is 2.54. The lowest BCUT2D eigenvalue weighted by Gasteiger charge is -2.08. The van der Waals surface area contributed by atoms with E-state index in [4.69, 9.17) is 10.2 Å². The van der Waals surface area contributed by atoms with Gasteiger partial charge >= 0.3 is 11.9 Å². The highest BCUT2D eigenvalue weighted by Crippen LogP contribution is 2.27. The Kier molecular flexibility index (Phi) is 2.78. The van der Waals surface area contributed by atoms with Crippen LogP contribution in [0.4, 0.5) is 0 Å². The Labute approximate surface area is 95.9 Å². The highest BCUT2D eigenvalue weighted by Gasteiger charge is 2.25. The van der Waals surface area contributed by atoms with Gasteiger partial charge in [-0.1, -0.05) is 0 Å². The number of pyridine rings is 1. The molecule has 0 saturated carbocycles. The molecule has 0 spiro atoms. The fraction of sp³-hybridized carbons (Fsp3) is 0.182. The Bertz CT molecular complexity index is 576. The molecule has 1 unspecified atom stereocenters. The zero-order valence-corrected chi connectivity index (χ0v) is 8.75. The van der Waals surface area contributed by atoms with E-state index in [9.17, 15) is 9.59 Å². The van der Waals surface area contributed by atoms with Gasteiger partial charge in [-0.2, -0.15) is 0 Å². The number of hydrogen-bond acceptors (Lipinski definition) is 3. The van der Waals surface area contributed by atoms with Crippen LogP contribution in [0.1, 0.15) is 17.9 Å². The van der Waals surface area contributed by atoms with Gasteiger partial charge < -0.3 is 15.2 Å². The minimum atomic E-state index is -1.16. The summed E-state index contributed by atoms with van der Waals surface area (Å²) in [6, 6.07) is 3.39. The largest absolute Gasteiger partial charge is 0.481 e. The predicted molar refractivity (Wildman–Crippen MR) is 58.7 cm³/mol. The summed E-state index contributed by atoms with van der Waals surface area (Å²) in [5.74, 6) is -3.36. The lowest BCUT2D eigenvalue weighted by Crippen LogP contribution is -2.15. The topological polar surface area (TPSA) is 103 Å². The summed E-state index contributed by atoms with van der Waals surface area (Å²) < 4.78 is 0. The van der Waals surface area contributed by atoms with Gasteiger partial charge in [-0.25, -0.2) is 4.98 Å². The van der Waals surface area contributed by atoms with E-state index in [1.807, 2.05) is 0 Å². The molecule has 0 saturated heterocycles. The summed E-state index contributed by atoms with van der Waals surface area (Å²) in [5, 5.41) is 18.4. The standard InChI is InChI=1S/C11H10N2O4/c14-9(15)4-7(11(16)17)8-5-13-10-6(8)2-1-3-12-10/h1-3,5,7H,4H2,(H,12,13)(H,14,15)(H,16,17). The zero-order valence-electron chi connectivity index (χ0n) is 8.75. The molecule has 2 aromatic rings. The van der Waals surface area contributed by atoms with Crippen molar-refractivity contribution in [2.45, 2.75) is 12.3 Å². The molecule has 0 aliphatic rings. The van der Waals surface area contributed by atoms with Gasteiger partial charge in [-0.15, -0.1) is 0 Å². The third kappa shape index (κ3) is 2.10. The molecular weight excluding hydrogens is 224 g/mol. The minimum absolute atomic E-state index is 0.447. The van der Waals surface area contributed by atoms with Crippen molar-refractivity contribution in [2.75, 3.05) is 0 Å². The number of nitrogens with zero attached hydrogens (tertiary/aromatic N) is 1.